The zero-order valence-corrected chi connectivity index (χ0v) is 11.5. The summed E-state index contributed by atoms with van der Waals surface area (Å²) < 4.78 is 0. The number of carbonyl (C=O) groups excluding carboxylic acids is 2. The van der Waals surface area contributed by atoms with E-state index in [9.17, 15) is 14.7 Å². The predicted molar refractivity (Wildman–Crippen MR) is 78.7 cm³/mol. The number of aromatic carboxylic acids is 1. The van der Waals surface area contributed by atoms with Crippen molar-refractivity contribution in [3.05, 3.63) is 64.2 Å². The molecule has 0 aromatic heterocycles. The SMILES string of the molecule is O=C1Nc2ccc(Cl)cc2/C1=C\c1ccc(C(=O)[O-])cc1. The Morgan fingerprint density at radius 3 is 2.52 bits per heavy atom. The number of benzene rings is 2. The van der Waals surface area contributed by atoms with Crippen LogP contribution in [-0.4, -0.2) is 11.9 Å². The summed E-state index contributed by atoms with van der Waals surface area (Å²) in [4.78, 5) is 22.7. The molecule has 0 radical (unpaired) electrons. The van der Waals surface area contributed by atoms with Gasteiger partial charge in [-0.05, 0) is 35.4 Å². The number of carbonyl (C=O) groups is 2. The molecule has 1 heterocycles. The molecule has 0 bridgehead atoms. The van der Waals surface area contributed by atoms with E-state index in [4.69, 9.17) is 11.6 Å². The van der Waals surface area contributed by atoms with Crippen LogP contribution in [0, 0.1) is 0 Å². The molecule has 0 atom stereocenters. The van der Waals surface area contributed by atoms with Crippen molar-refractivity contribution in [2.24, 2.45) is 0 Å². The first-order valence-electron chi connectivity index (χ1n) is 6.19. The van der Waals surface area contributed by atoms with Gasteiger partial charge in [0.1, 0.15) is 0 Å². The molecule has 2 aromatic rings. The van der Waals surface area contributed by atoms with Crippen LogP contribution in [0.5, 0.6) is 0 Å². The Hall–Kier alpha value is -2.59. The summed E-state index contributed by atoms with van der Waals surface area (Å²) in [6.07, 6.45) is 1.69. The van der Waals surface area contributed by atoms with Gasteiger partial charge >= 0.3 is 0 Å². The van der Waals surface area contributed by atoms with Gasteiger partial charge in [0.05, 0.1) is 5.97 Å². The number of hydrogen-bond acceptors (Lipinski definition) is 3. The topological polar surface area (TPSA) is 69.2 Å². The van der Waals surface area contributed by atoms with Crippen LogP contribution in [0.3, 0.4) is 0 Å². The Kier molecular flexibility index (Phi) is 3.23. The Labute approximate surface area is 125 Å². The van der Waals surface area contributed by atoms with Gasteiger partial charge in [-0.15, -0.1) is 0 Å². The highest BCUT2D eigenvalue weighted by atomic mass is 35.5. The largest absolute Gasteiger partial charge is 0.545 e. The number of amides is 1. The van der Waals surface area contributed by atoms with Crippen LogP contribution in [0.1, 0.15) is 21.5 Å². The standard InChI is InChI=1S/C16H10ClNO3/c17-11-5-6-14-12(8-11)13(15(19)18-14)7-9-1-3-10(4-2-9)16(20)21/h1-8H,(H,18,19)(H,20,21)/p-1/b13-7+. The highest BCUT2D eigenvalue weighted by Crippen LogP contribution is 2.34. The Balaban J connectivity index is 2.02. The second-order valence-corrected chi connectivity index (χ2v) is 5.05. The van der Waals surface area contributed by atoms with Crippen molar-refractivity contribution in [2.75, 3.05) is 5.32 Å². The molecule has 0 unspecified atom stereocenters. The molecule has 2 aromatic carbocycles. The third kappa shape index (κ3) is 2.53. The van der Waals surface area contributed by atoms with E-state index in [1.807, 2.05) is 0 Å². The number of fused-ring (bicyclic) bond motifs is 1. The zero-order chi connectivity index (χ0) is 15.0. The predicted octanol–water partition coefficient (Wildman–Crippen LogP) is 2.20. The van der Waals surface area contributed by atoms with Crippen molar-refractivity contribution in [3.8, 4) is 0 Å². The number of rotatable bonds is 2. The monoisotopic (exact) mass is 298 g/mol. The van der Waals surface area contributed by atoms with Crippen molar-refractivity contribution in [1.82, 2.24) is 0 Å². The smallest absolute Gasteiger partial charge is 0.256 e. The maximum atomic E-state index is 12.0. The lowest BCUT2D eigenvalue weighted by Gasteiger charge is -2.03. The van der Waals surface area contributed by atoms with E-state index in [1.54, 1.807) is 36.4 Å². The molecular formula is C16H9ClNO3-. The van der Waals surface area contributed by atoms with E-state index < -0.39 is 5.97 Å². The average molecular weight is 299 g/mol. The molecule has 104 valence electrons. The minimum atomic E-state index is -1.23. The first-order chi connectivity index (χ1) is 10.0. The van der Waals surface area contributed by atoms with Crippen molar-refractivity contribution < 1.29 is 14.7 Å². The van der Waals surface area contributed by atoms with E-state index >= 15 is 0 Å². The molecule has 3 rings (SSSR count). The molecular weight excluding hydrogens is 290 g/mol. The lowest BCUT2D eigenvalue weighted by molar-refractivity contribution is -0.255. The van der Waals surface area contributed by atoms with Crippen molar-refractivity contribution in [2.45, 2.75) is 0 Å². The minimum absolute atomic E-state index is 0.0940. The molecule has 0 aliphatic carbocycles. The molecule has 1 amide bonds. The first-order valence-corrected chi connectivity index (χ1v) is 6.57. The van der Waals surface area contributed by atoms with Gasteiger partial charge in [0.2, 0.25) is 0 Å². The van der Waals surface area contributed by atoms with Crippen LogP contribution >= 0.6 is 11.6 Å². The van der Waals surface area contributed by atoms with Crippen LogP contribution in [0.2, 0.25) is 5.02 Å². The molecule has 1 aliphatic rings. The van der Waals surface area contributed by atoms with Crippen LogP contribution in [0.4, 0.5) is 5.69 Å². The fourth-order valence-corrected chi connectivity index (χ4v) is 2.36. The lowest BCUT2D eigenvalue weighted by atomic mass is 10.0. The van der Waals surface area contributed by atoms with E-state index in [0.717, 1.165) is 11.1 Å². The third-order valence-electron chi connectivity index (χ3n) is 3.22. The third-order valence-corrected chi connectivity index (χ3v) is 3.46. The highest BCUT2D eigenvalue weighted by Gasteiger charge is 2.23. The number of halogens is 1. The molecule has 0 spiro atoms. The van der Waals surface area contributed by atoms with Crippen LogP contribution in [-0.2, 0) is 4.79 Å². The lowest BCUT2D eigenvalue weighted by Crippen LogP contribution is -2.21. The molecule has 0 fully saturated rings. The number of hydrogen-bond donors (Lipinski definition) is 1. The van der Waals surface area contributed by atoms with Crippen molar-refractivity contribution in [3.63, 3.8) is 0 Å². The van der Waals surface area contributed by atoms with E-state index in [0.29, 0.717) is 16.3 Å². The molecule has 0 saturated heterocycles. The Morgan fingerprint density at radius 2 is 1.86 bits per heavy atom. The summed E-state index contributed by atoms with van der Waals surface area (Å²) >= 11 is 5.96. The van der Waals surface area contributed by atoms with Gasteiger partial charge in [-0.2, -0.15) is 0 Å². The van der Waals surface area contributed by atoms with Gasteiger partial charge < -0.3 is 15.2 Å². The van der Waals surface area contributed by atoms with E-state index in [2.05, 4.69) is 5.32 Å². The summed E-state index contributed by atoms with van der Waals surface area (Å²) in [6.45, 7) is 0. The van der Waals surface area contributed by atoms with Gasteiger partial charge in [0, 0.05) is 21.8 Å². The second-order valence-electron chi connectivity index (χ2n) is 4.61. The zero-order valence-electron chi connectivity index (χ0n) is 10.7. The van der Waals surface area contributed by atoms with Gasteiger partial charge in [-0.25, -0.2) is 0 Å². The molecule has 4 nitrogen and oxygen atoms in total. The van der Waals surface area contributed by atoms with E-state index in [1.165, 1.54) is 12.1 Å². The van der Waals surface area contributed by atoms with E-state index in [-0.39, 0.29) is 11.5 Å². The molecule has 21 heavy (non-hydrogen) atoms. The summed E-state index contributed by atoms with van der Waals surface area (Å²) in [5.74, 6) is -1.44. The fourth-order valence-electron chi connectivity index (χ4n) is 2.19. The van der Waals surface area contributed by atoms with Gasteiger partial charge in [0.25, 0.3) is 5.91 Å². The fraction of sp³-hybridized carbons (Fsp3) is 0. The van der Waals surface area contributed by atoms with Crippen LogP contribution in [0.15, 0.2) is 42.5 Å². The summed E-state index contributed by atoms with van der Waals surface area (Å²) in [5, 5.41) is 14.0. The average Bonchev–Trinajstić information content (AvgIpc) is 2.76. The quantitative estimate of drug-likeness (QED) is 0.864. The maximum Gasteiger partial charge on any atom is 0.256 e. The number of carboxylic acid groups (broad SMARTS) is 1. The molecule has 0 saturated carbocycles. The summed E-state index contributed by atoms with van der Waals surface area (Å²) in [6, 6.07) is 11.3. The minimum Gasteiger partial charge on any atom is -0.545 e. The van der Waals surface area contributed by atoms with Crippen molar-refractivity contribution in [1.29, 1.82) is 0 Å². The number of anilines is 1. The highest BCUT2D eigenvalue weighted by molar-refractivity contribution is 6.36. The van der Waals surface area contributed by atoms with Crippen LogP contribution in [0.25, 0.3) is 11.6 Å². The van der Waals surface area contributed by atoms with Crippen molar-refractivity contribution >= 4 is 40.8 Å². The first kappa shape index (κ1) is 13.4. The summed E-state index contributed by atoms with van der Waals surface area (Å²) in [7, 11) is 0. The maximum absolute atomic E-state index is 12.0. The van der Waals surface area contributed by atoms with Gasteiger partial charge in [-0.1, -0.05) is 35.9 Å². The number of nitrogens with one attached hydrogen (secondary N) is 1. The van der Waals surface area contributed by atoms with Crippen LogP contribution < -0.4 is 10.4 Å². The Morgan fingerprint density at radius 1 is 1.14 bits per heavy atom. The summed E-state index contributed by atoms with van der Waals surface area (Å²) in [5.41, 5.74) is 2.75. The van der Waals surface area contributed by atoms with Gasteiger partial charge in [-0.3, -0.25) is 4.79 Å². The number of carboxylic acids is 1. The Bertz CT molecular complexity index is 779. The molecule has 1 aliphatic heterocycles. The normalized spacial score (nSPS) is 14.9. The molecule has 1 N–H and O–H groups in total. The van der Waals surface area contributed by atoms with Gasteiger partial charge in [0.15, 0.2) is 0 Å². The second kappa shape index (κ2) is 5.07. The molecule has 5 heteroatoms.